The molecule has 0 aromatic rings. The molecule has 5 heteroatoms. The molecule has 0 saturated heterocycles. The van der Waals surface area contributed by atoms with E-state index in [1.54, 1.807) is 6.92 Å². The van der Waals surface area contributed by atoms with Gasteiger partial charge in [0.2, 0.25) is 0 Å². The fraction of sp³-hybridized carbons (Fsp3) is 0.562. The van der Waals surface area contributed by atoms with Gasteiger partial charge in [0.1, 0.15) is 6.61 Å². The fourth-order valence-electron chi connectivity index (χ4n) is 1.22. The Hall–Kier alpha value is -1.10. The van der Waals surface area contributed by atoms with Crippen molar-refractivity contribution in [2.75, 3.05) is 54.4 Å². The second-order valence-corrected chi connectivity index (χ2v) is 5.60. The smallest absolute Gasteiger partial charge is 0.333 e. The Morgan fingerprint density at radius 3 is 1.90 bits per heavy atom. The first-order valence-electron chi connectivity index (χ1n) is 6.67. The maximum atomic E-state index is 10.8. The van der Waals surface area contributed by atoms with Crippen LogP contribution in [0.4, 0.5) is 0 Å². The zero-order valence-electron chi connectivity index (χ0n) is 14.2. The summed E-state index contributed by atoms with van der Waals surface area (Å²) in [6, 6.07) is 0. The van der Waals surface area contributed by atoms with E-state index in [1.165, 1.54) is 0 Å². The molecule has 0 aliphatic rings. The third-order valence-electron chi connectivity index (χ3n) is 2.37. The molecule has 0 amide bonds. The molecule has 0 aromatic heterocycles. The zero-order chi connectivity index (χ0) is 16.2. The van der Waals surface area contributed by atoms with Crippen LogP contribution in [0, 0.1) is 0 Å². The molecule has 4 nitrogen and oxygen atoms in total. The second kappa shape index (κ2) is 13.9. The summed E-state index contributed by atoms with van der Waals surface area (Å²) in [7, 11) is 8.16. The van der Waals surface area contributed by atoms with Crippen LogP contribution in [0.1, 0.15) is 6.92 Å². The highest BCUT2D eigenvalue weighted by Gasteiger charge is 2.07. The van der Waals surface area contributed by atoms with Crippen LogP contribution in [-0.2, 0) is 9.53 Å². The monoisotopic (exact) mass is 318 g/mol. The number of nitrogens with zero attached hydrogens (tertiary/aromatic N) is 2. The van der Waals surface area contributed by atoms with Crippen molar-refractivity contribution in [1.29, 1.82) is 0 Å². The van der Waals surface area contributed by atoms with Gasteiger partial charge in [-0.15, -0.1) is 0 Å². The quantitative estimate of drug-likeness (QED) is 0.252. The summed E-state index contributed by atoms with van der Waals surface area (Å²) >= 11 is 0. The van der Waals surface area contributed by atoms with Gasteiger partial charge in [-0.05, 0) is 33.2 Å². The summed E-state index contributed by atoms with van der Waals surface area (Å²) in [6.45, 7) is 15.6. The molecule has 0 aliphatic carbocycles. The molecule has 0 aliphatic heterocycles. The average molecular weight is 319 g/mol. The number of hydrogen-bond donors (Lipinski definition) is 0. The molecule has 0 saturated carbocycles. The molecule has 0 spiro atoms. The van der Waals surface area contributed by atoms with E-state index in [4.69, 9.17) is 4.74 Å². The third kappa shape index (κ3) is 18.9. The number of halogens is 1. The van der Waals surface area contributed by atoms with E-state index in [9.17, 15) is 4.79 Å². The van der Waals surface area contributed by atoms with Gasteiger partial charge in [0, 0.05) is 12.1 Å². The van der Waals surface area contributed by atoms with Gasteiger partial charge >= 0.3 is 5.97 Å². The van der Waals surface area contributed by atoms with Crippen LogP contribution in [0.15, 0.2) is 37.5 Å². The summed E-state index contributed by atoms with van der Waals surface area (Å²) in [5, 5.41) is 0. The van der Waals surface area contributed by atoms with Crippen LogP contribution in [0.3, 0.4) is 0 Å². The van der Waals surface area contributed by atoms with Crippen molar-refractivity contribution in [3.05, 3.63) is 37.5 Å². The summed E-state index contributed by atoms with van der Waals surface area (Å²) < 4.78 is 5.79. The highest BCUT2D eigenvalue weighted by Crippen LogP contribution is 1.95. The van der Waals surface area contributed by atoms with Gasteiger partial charge < -0.3 is 26.5 Å². The number of ether oxygens (including phenoxy) is 1. The topological polar surface area (TPSA) is 29.5 Å². The van der Waals surface area contributed by atoms with Crippen LogP contribution in [0.25, 0.3) is 0 Å². The molecular weight excluding hydrogens is 288 g/mol. The number of esters is 1. The van der Waals surface area contributed by atoms with Crippen molar-refractivity contribution < 1.29 is 26.4 Å². The molecule has 21 heavy (non-hydrogen) atoms. The number of carbonyl (C=O) groups excluding carboxylic acids is 1. The minimum absolute atomic E-state index is 0. The minimum atomic E-state index is -0.313. The normalized spacial score (nSPS) is 9.81. The van der Waals surface area contributed by atoms with E-state index < -0.39 is 0 Å². The highest BCUT2D eigenvalue weighted by molar-refractivity contribution is 5.86. The van der Waals surface area contributed by atoms with E-state index in [0.29, 0.717) is 12.2 Å². The Morgan fingerprint density at radius 2 is 1.62 bits per heavy atom. The van der Waals surface area contributed by atoms with Crippen molar-refractivity contribution in [3.63, 3.8) is 0 Å². The number of hydrogen-bond acceptors (Lipinski definition) is 3. The Kier molecular flexibility index (Phi) is 16.4. The maximum Gasteiger partial charge on any atom is 0.333 e. The molecule has 0 N–H and O–H groups in total. The second-order valence-electron chi connectivity index (χ2n) is 5.60. The third-order valence-corrected chi connectivity index (χ3v) is 2.37. The number of likely N-dealkylation sites (N-methyl/N-ethyl adjacent to an activating group) is 2. The zero-order valence-corrected chi connectivity index (χ0v) is 14.9. The molecule has 0 rings (SSSR count). The largest absolute Gasteiger partial charge is 1.00 e. The number of rotatable bonds is 8. The average Bonchev–Trinajstić information content (AvgIpc) is 2.28. The van der Waals surface area contributed by atoms with Crippen LogP contribution >= 0.6 is 0 Å². The molecule has 0 atom stereocenters. The Morgan fingerprint density at radius 1 is 1.19 bits per heavy atom. The van der Waals surface area contributed by atoms with E-state index >= 15 is 0 Å². The first-order valence-corrected chi connectivity index (χ1v) is 6.67. The Balaban J connectivity index is -0.000000300. The van der Waals surface area contributed by atoms with Crippen LogP contribution in [-0.4, -0.2) is 69.8 Å². The van der Waals surface area contributed by atoms with Crippen LogP contribution in [0.2, 0.25) is 0 Å². The summed E-state index contributed by atoms with van der Waals surface area (Å²) in [4.78, 5) is 12.7. The fourth-order valence-corrected chi connectivity index (χ4v) is 1.22. The lowest BCUT2D eigenvalue weighted by Crippen LogP contribution is -3.00. The van der Waals surface area contributed by atoms with Crippen molar-refractivity contribution >= 4 is 5.97 Å². The summed E-state index contributed by atoms with van der Waals surface area (Å²) in [6.07, 6.45) is 3.87. The van der Waals surface area contributed by atoms with E-state index in [2.05, 4.69) is 33.8 Å². The SMILES string of the molecule is C=C(C)C(=O)OCCN(C)C.C=CC[N+](C)(C)CC=C.[Cl-]. The van der Waals surface area contributed by atoms with Crippen LogP contribution < -0.4 is 12.4 Å². The van der Waals surface area contributed by atoms with Crippen LogP contribution in [0.5, 0.6) is 0 Å². The molecule has 0 bridgehead atoms. The molecule has 0 fully saturated rings. The maximum absolute atomic E-state index is 10.8. The summed E-state index contributed by atoms with van der Waals surface area (Å²) in [5.74, 6) is -0.313. The van der Waals surface area contributed by atoms with E-state index in [0.717, 1.165) is 24.1 Å². The predicted octanol–water partition coefficient (Wildman–Crippen LogP) is -0.894. The van der Waals surface area contributed by atoms with Crippen molar-refractivity contribution in [3.8, 4) is 0 Å². The van der Waals surface area contributed by atoms with Gasteiger partial charge in [0.05, 0.1) is 27.2 Å². The lowest BCUT2D eigenvalue weighted by atomic mass is 10.4. The standard InChI is InChI=1S/C8H15NO2.C8H16N.ClH/c1-7(2)8(10)11-6-5-9(3)4;1-5-7-9(3,4)8-6-2;/h1,5-6H2,2-4H3;5-6H,1-2,7-8H2,3-4H3;1H/q;+1;/p-1. The highest BCUT2D eigenvalue weighted by atomic mass is 35.5. The summed E-state index contributed by atoms with van der Waals surface area (Å²) in [5.41, 5.74) is 0.448. The van der Waals surface area contributed by atoms with Crippen molar-refractivity contribution in [2.45, 2.75) is 6.92 Å². The lowest BCUT2D eigenvalue weighted by molar-refractivity contribution is -0.878. The van der Waals surface area contributed by atoms with E-state index in [-0.39, 0.29) is 18.4 Å². The first-order chi connectivity index (χ1) is 9.16. The minimum Gasteiger partial charge on any atom is -1.00 e. The number of quaternary nitrogens is 1. The molecular formula is C16H31ClN2O2. The van der Waals surface area contributed by atoms with Gasteiger partial charge in [0.15, 0.2) is 0 Å². The molecule has 0 heterocycles. The molecule has 0 unspecified atom stereocenters. The van der Waals surface area contributed by atoms with Gasteiger partial charge in [0.25, 0.3) is 0 Å². The van der Waals surface area contributed by atoms with Gasteiger partial charge in [-0.1, -0.05) is 19.7 Å². The van der Waals surface area contributed by atoms with Crippen molar-refractivity contribution in [2.24, 2.45) is 0 Å². The molecule has 0 radical (unpaired) electrons. The Labute approximate surface area is 136 Å². The van der Waals surface area contributed by atoms with Crippen molar-refractivity contribution in [1.82, 2.24) is 4.90 Å². The van der Waals surface area contributed by atoms with Gasteiger partial charge in [-0.2, -0.15) is 0 Å². The van der Waals surface area contributed by atoms with Gasteiger partial charge in [-0.3, -0.25) is 0 Å². The number of carbonyl (C=O) groups is 1. The predicted molar refractivity (Wildman–Crippen MR) is 86.6 cm³/mol. The molecule has 0 aromatic carbocycles. The van der Waals surface area contributed by atoms with Gasteiger partial charge in [-0.25, -0.2) is 4.79 Å². The van der Waals surface area contributed by atoms with E-state index in [1.807, 2.05) is 31.1 Å². The molecule has 124 valence electrons. The lowest BCUT2D eigenvalue weighted by Gasteiger charge is -2.26. The Bertz CT molecular complexity index is 314. The first kappa shape index (κ1) is 24.9.